The van der Waals surface area contributed by atoms with E-state index in [-0.39, 0.29) is 0 Å². The summed E-state index contributed by atoms with van der Waals surface area (Å²) in [6.07, 6.45) is 1.23. The van der Waals surface area contributed by atoms with Gasteiger partial charge >= 0.3 is 11.6 Å². The van der Waals surface area contributed by atoms with Crippen LogP contribution in [0.25, 0.3) is 5.69 Å². The number of hydrogen-bond donors (Lipinski definition) is 1. The van der Waals surface area contributed by atoms with E-state index in [0.717, 1.165) is 0 Å². The number of carbonyl (C=O) groups excluding carboxylic acids is 1. The van der Waals surface area contributed by atoms with Crippen molar-refractivity contribution in [2.45, 2.75) is 0 Å². The predicted molar refractivity (Wildman–Crippen MR) is 52.2 cm³/mol. The molecule has 6 nitrogen and oxygen atoms in total. The smallest absolute Gasteiger partial charge is 0.427 e. The summed E-state index contributed by atoms with van der Waals surface area (Å²) >= 11 is 0. The zero-order chi connectivity index (χ0) is 11.5. The molecule has 2 aromatic rings. The number of methoxy groups -OCH3 is 1. The van der Waals surface area contributed by atoms with E-state index in [1.807, 2.05) is 0 Å². The quantitative estimate of drug-likeness (QED) is 0.573. The van der Waals surface area contributed by atoms with Gasteiger partial charge < -0.3 is 4.74 Å². The number of carbonyl (C=O) groups is 1. The van der Waals surface area contributed by atoms with Crippen LogP contribution in [0.1, 0.15) is 10.4 Å². The van der Waals surface area contributed by atoms with Crippen LogP contribution in [0.2, 0.25) is 0 Å². The molecule has 0 aliphatic heterocycles. The summed E-state index contributed by atoms with van der Waals surface area (Å²) in [6.45, 7) is 0. The Morgan fingerprint density at radius 1 is 1.50 bits per heavy atom. The number of hydrogen-bond acceptors (Lipinski definition) is 4. The summed E-state index contributed by atoms with van der Waals surface area (Å²) in [5, 5.41) is 2.38. The molecule has 0 saturated carbocycles. The van der Waals surface area contributed by atoms with Gasteiger partial charge in [-0.1, -0.05) is 6.07 Å². The Morgan fingerprint density at radius 2 is 2.31 bits per heavy atom. The Morgan fingerprint density at radius 3 is 2.94 bits per heavy atom. The summed E-state index contributed by atoms with van der Waals surface area (Å²) in [5.74, 6) is -0.437. The highest BCUT2D eigenvalue weighted by Gasteiger charge is 2.13. The van der Waals surface area contributed by atoms with Crippen molar-refractivity contribution in [1.82, 2.24) is 5.27 Å². The first-order valence-corrected chi connectivity index (χ1v) is 4.49. The van der Waals surface area contributed by atoms with Crippen molar-refractivity contribution < 1.29 is 18.7 Å². The first kappa shape index (κ1) is 10.2. The van der Waals surface area contributed by atoms with Gasteiger partial charge in [0.1, 0.15) is 0 Å². The van der Waals surface area contributed by atoms with Crippen molar-refractivity contribution in [2.24, 2.45) is 0 Å². The van der Waals surface area contributed by atoms with E-state index in [0.29, 0.717) is 11.3 Å². The van der Waals surface area contributed by atoms with Crippen LogP contribution in [0.15, 0.2) is 39.8 Å². The Bertz CT molecular complexity index is 570. The van der Waals surface area contributed by atoms with Crippen LogP contribution in [0.3, 0.4) is 0 Å². The number of nitrogens with zero attached hydrogens (tertiary/aromatic N) is 1. The molecule has 1 aromatic carbocycles. The van der Waals surface area contributed by atoms with Gasteiger partial charge in [-0.2, -0.15) is 0 Å². The van der Waals surface area contributed by atoms with Gasteiger partial charge in [-0.15, -0.1) is 0 Å². The number of rotatable bonds is 2. The van der Waals surface area contributed by atoms with Crippen molar-refractivity contribution >= 4 is 5.97 Å². The SMILES string of the molecule is COC(=O)c1cccc(-[n+]2cc(=O)o[nH]2)c1. The lowest BCUT2D eigenvalue weighted by Crippen LogP contribution is -2.32. The zero-order valence-corrected chi connectivity index (χ0v) is 8.47. The second-order valence-corrected chi connectivity index (χ2v) is 3.05. The number of aromatic nitrogens is 2. The third-order valence-corrected chi connectivity index (χ3v) is 2.02. The third-order valence-electron chi connectivity index (χ3n) is 2.02. The molecule has 0 aliphatic rings. The molecule has 1 heterocycles. The fourth-order valence-electron chi connectivity index (χ4n) is 1.28. The molecule has 2 rings (SSSR count). The highest BCUT2D eigenvalue weighted by atomic mass is 16.5. The largest absolute Gasteiger partial charge is 0.465 e. The molecule has 0 amide bonds. The average Bonchev–Trinajstić information content (AvgIpc) is 2.75. The maximum absolute atomic E-state index is 11.3. The minimum atomic E-state index is -0.497. The average molecular weight is 221 g/mol. The van der Waals surface area contributed by atoms with E-state index in [4.69, 9.17) is 0 Å². The first-order chi connectivity index (χ1) is 7.70. The molecule has 6 heteroatoms. The van der Waals surface area contributed by atoms with Crippen LogP contribution < -0.4 is 10.3 Å². The fraction of sp³-hybridized carbons (Fsp3) is 0.100. The monoisotopic (exact) mass is 221 g/mol. The van der Waals surface area contributed by atoms with Gasteiger partial charge in [-0.25, -0.2) is 9.59 Å². The topological polar surface area (TPSA) is 76.2 Å². The molecule has 1 aromatic heterocycles. The summed E-state index contributed by atoms with van der Waals surface area (Å²) in [6, 6.07) is 6.60. The van der Waals surface area contributed by atoms with Crippen LogP contribution in [0.5, 0.6) is 0 Å². The zero-order valence-electron chi connectivity index (χ0n) is 8.47. The van der Waals surface area contributed by atoms with Gasteiger partial charge in [0.2, 0.25) is 5.69 Å². The fourth-order valence-corrected chi connectivity index (χ4v) is 1.28. The maximum atomic E-state index is 11.3. The van der Waals surface area contributed by atoms with Crippen molar-refractivity contribution in [3.8, 4) is 5.69 Å². The number of aromatic amines is 1. The molecule has 1 N–H and O–H groups in total. The lowest BCUT2D eigenvalue weighted by atomic mass is 10.2. The van der Waals surface area contributed by atoms with Gasteiger partial charge in [-0.3, -0.25) is 4.52 Å². The van der Waals surface area contributed by atoms with Gasteiger partial charge in [-0.05, 0) is 16.0 Å². The van der Waals surface area contributed by atoms with Crippen LogP contribution in [0.4, 0.5) is 0 Å². The molecule has 0 spiro atoms. The lowest BCUT2D eigenvalue weighted by molar-refractivity contribution is -0.670. The van der Waals surface area contributed by atoms with Crippen molar-refractivity contribution in [1.29, 1.82) is 0 Å². The van der Waals surface area contributed by atoms with E-state index < -0.39 is 11.6 Å². The van der Waals surface area contributed by atoms with Crippen molar-refractivity contribution in [2.75, 3.05) is 7.11 Å². The molecule has 0 unspecified atom stereocenters. The number of benzene rings is 1. The minimum Gasteiger partial charge on any atom is -0.465 e. The predicted octanol–water partition coefficient (Wildman–Crippen LogP) is 0.0312. The second-order valence-electron chi connectivity index (χ2n) is 3.05. The van der Waals surface area contributed by atoms with Gasteiger partial charge in [0, 0.05) is 12.1 Å². The van der Waals surface area contributed by atoms with E-state index in [9.17, 15) is 9.59 Å². The van der Waals surface area contributed by atoms with Gasteiger partial charge in [0.15, 0.2) is 0 Å². The molecule has 16 heavy (non-hydrogen) atoms. The highest BCUT2D eigenvalue weighted by Crippen LogP contribution is 2.05. The van der Waals surface area contributed by atoms with Crippen molar-refractivity contribution in [3.63, 3.8) is 0 Å². The normalized spacial score (nSPS) is 10.1. The second kappa shape index (κ2) is 4.01. The summed E-state index contributed by atoms with van der Waals surface area (Å²) in [7, 11) is 1.31. The molecule has 0 atom stereocenters. The van der Waals surface area contributed by atoms with E-state index in [2.05, 4.69) is 14.5 Å². The van der Waals surface area contributed by atoms with Gasteiger partial charge in [0.05, 0.1) is 12.7 Å². The highest BCUT2D eigenvalue weighted by molar-refractivity contribution is 5.89. The maximum Gasteiger partial charge on any atom is 0.427 e. The molecular weight excluding hydrogens is 212 g/mol. The molecule has 0 bridgehead atoms. The van der Waals surface area contributed by atoms with Crippen LogP contribution >= 0.6 is 0 Å². The minimum absolute atomic E-state index is 0.398. The molecule has 0 aliphatic carbocycles. The molecule has 82 valence electrons. The van der Waals surface area contributed by atoms with Crippen molar-refractivity contribution in [3.05, 3.63) is 46.4 Å². The van der Waals surface area contributed by atoms with E-state index in [1.54, 1.807) is 24.3 Å². The summed E-state index contributed by atoms with van der Waals surface area (Å²) in [5.41, 5.74) is 0.506. The summed E-state index contributed by atoms with van der Waals surface area (Å²) < 4.78 is 10.5. The first-order valence-electron chi connectivity index (χ1n) is 4.49. The summed E-state index contributed by atoms with van der Waals surface area (Å²) in [4.78, 5) is 22.1. The third kappa shape index (κ3) is 1.85. The van der Waals surface area contributed by atoms with E-state index in [1.165, 1.54) is 18.0 Å². The molecule has 0 radical (unpaired) electrons. The van der Waals surface area contributed by atoms with Crippen LogP contribution in [-0.2, 0) is 4.74 Å². The van der Waals surface area contributed by atoms with Crippen LogP contribution in [-0.4, -0.2) is 18.4 Å². The number of nitrogens with one attached hydrogen (secondary N) is 1. The molecule has 0 fully saturated rings. The Balaban J connectivity index is 2.43. The Hall–Kier alpha value is -2.37. The Kier molecular flexibility index (Phi) is 2.55. The lowest BCUT2D eigenvalue weighted by Gasteiger charge is -1.97. The Labute approximate surface area is 90.0 Å². The van der Waals surface area contributed by atoms with Crippen LogP contribution in [0, 0.1) is 0 Å². The number of esters is 1. The molecular formula is C10H9N2O4+. The number of ether oxygens (including phenoxy) is 1. The molecule has 0 saturated heterocycles. The van der Waals surface area contributed by atoms with E-state index >= 15 is 0 Å². The van der Waals surface area contributed by atoms with Gasteiger partial charge in [0.25, 0.3) is 6.20 Å². The standard InChI is InChI=1S/C10H8N2O4/c1-15-10(14)7-3-2-4-8(5-7)12-6-9(13)16-11-12/h2-6H,1H3/p+1. The number of H-pyrrole nitrogens is 1.